The average molecular weight is 475 g/mol. The topological polar surface area (TPSA) is 20.2 Å². The van der Waals surface area contributed by atoms with E-state index in [0.717, 1.165) is 11.8 Å². The maximum atomic E-state index is 9.96. The molecule has 2 fully saturated rings. The van der Waals surface area contributed by atoms with E-state index < -0.39 is 0 Å². The van der Waals surface area contributed by atoms with Crippen LogP contribution < -0.4 is 0 Å². The molecule has 2 heteroatoms. The second-order valence-electron chi connectivity index (χ2n) is 9.17. The summed E-state index contributed by atoms with van der Waals surface area (Å²) in [5, 5.41) is 9.96. The molecule has 0 aliphatic heterocycles. The Morgan fingerprint density at radius 3 is 1.77 bits per heavy atom. The molecule has 0 radical (unpaired) electrons. The Balaban J connectivity index is 1.49. The first kappa shape index (κ1) is 22.7. The van der Waals surface area contributed by atoms with Crippen molar-refractivity contribution in [3.8, 4) is 0 Å². The predicted octanol–water partition coefficient (Wildman–Crippen LogP) is 8.19. The Morgan fingerprint density at radius 2 is 1.23 bits per heavy atom. The van der Waals surface area contributed by atoms with Crippen LogP contribution in [-0.2, 0) is 0 Å². The molecule has 0 saturated heterocycles. The van der Waals surface area contributed by atoms with Gasteiger partial charge in [-0.3, -0.25) is 0 Å². The van der Waals surface area contributed by atoms with Gasteiger partial charge in [0.1, 0.15) is 0 Å². The van der Waals surface area contributed by atoms with Crippen molar-refractivity contribution >= 4 is 22.6 Å². The lowest BCUT2D eigenvalue weighted by atomic mass is 9.70. The van der Waals surface area contributed by atoms with Crippen LogP contribution in [0.2, 0.25) is 0 Å². The number of hydrogen-bond acceptors (Lipinski definition) is 1. The molecule has 2 rings (SSSR count). The van der Waals surface area contributed by atoms with Crippen molar-refractivity contribution in [2.75, 3.05) is 0 Å². The van der Waals surface area contributed by atoms with Crippen molar-refractivity contribution in [2.24, 2.45) is 17.8 Å². The van der Waals surface area contributed by atoms with E-state index in [1.54, 1.807) is 0 Å². The normalized spacial score (nSPS) is 28.2. The van der Waals surface area contributed by atoms with Gasteiger partial charge in [0.25, 0.3) is 0 Å². The molecule has 0 spiro atoms. The molecular weight excluding hydrogens is 431 g/mol. The van der Waals surface area contributed by atoms with Crippen LogP contribution in [0.1, 0.15) is 116 Å². The van der Waals surface area contributed by atoms with Crippen molar-refractivity contribution in [3.05, 3.63) is 10.2 Å². The summed E-state index contributed by atoms with van der Waals surface area (Å²) in [6.45, 7) is 0. The van der Waals surface area contributed by atoms with Gasteiger partial charge in [-0.1, -0.05) is 125 Å². The second kappa shape index (κ2) is 14.4. The minimum atomic E-state index is -0.191. The third-order valence-electron chi connectivity index (χ3n) is 6.97. The number of hydrogen-bond donors (Lipinski definition) is 1. The maximum Gasteiger partial charge on any atom is 0.0756 e. The molecule has 152 valence electrons. The van der Waals surface area contributed by atoms with E-state index in [0.29, 0.717) is 5.92 Å². The summed E-state index contributed by atoms with van der Waals surface area (Å²) in [4.78, 5) is 0. The fourth-order valence-corrected chi connectivity index (χ4v) is 5.54. The van der Waals surface area contributed by atoms with Crippen LogP contribution >= 0.6 is 22.6 Å². The van der Waals surface area contributed by atoms with E-state index in [-0.39, 0.29) is 6.10 Å². The van der Waals surface area contributed by atoms with Gasteiger partial charge in [-0.25, -0.2) is 0 Å². The summed E-state index contributed by atoms with van der Waals surface area (Å²) in [6.07, 6.45) is 27.9. The molecule has 1 N–H and O–H groups in total. The Labute approximate surface area is 176 Å². The van der Waals surface area contributed by atoms with Crippen LogP contribution in [0.25, 0.3) is 0 Å². The molecule has 26 heavy (non-hydrogen) atoms. The quantitative estimate of drug-likeness (QED) is 0.278. The van der Waals surface area contributed by atoms with E-state index in [2.05, 4.69) is 22.6 Å². The van der Waals surface area contributed by atoms with Crippen LogP contribution in [-0.4, -0.2) is 11.2 Å². The Morgan fingerprint density at radius 1 is 0.731 bits per heavy atom. The summed E-state index contributed by atoms with van der Waals surface area (Å²) < 4.78 is 1.96. The summed E-state index contributed by atoms with van der Waals surface area (Å²) in [5.74, 6) is 2.47. The molecule has 2 aliphatic rings. The Hall–Kier alpha value is 0.430. The third-order valence-corrected chi connectivity index (χ3v) is 7.39. The van der Waals surface area contributed by atoms with Gasteiger partial charge >= 0.3 is 0 Å². The lowest BCUT2D eigenvalue weighted by Gasteiger charge is -2.37. The highest BCUT2D eigenvalue weighted by molar-refractivity contribution is 14.1. The highest BCUT2D eigenvalue weighted by atomic mass is 127. The summed E-state index contributed by atoms with van der Waals surface area (Å²) >= 11 is 2.20. The fourth-order valence-electron chi connectivity index (χ4n) is 5.11. The molecule has 0 aromatic heterocycles. The fraction of sp³-hybridized carbons (Fsp3) is 0.917. The minimum absolute atomic E-state index is 0.191. The van der Waals surface area contributed by atoms with Crippen molar-refractivity contribution in [1.82, 2.24) is 0 Å². The molecule has 1 nitrogen and oxygen atoms in total. The van der Waals surface area contributed by atoms with Crippen molar-refractivity contribution < 1.29 is 5.11 Å². The maximum absolute atomic E-state index is 9.96. The van der Waals surface area contributed by atoms with Gasteiger partial charge in [0.15, 0.2) is 0 Å². The molecule has 0 aromatic rings. The first-order valence-corrected chi connectivity index (χ1v) is 13.0. The molecule has 0 amide bonds. The largest absolute Gasteiger partial charge is 0.389 e. The highest BCUT2D eigenvalue weighted by Crippen LogP contribution is 2.39. The molecule has 1 atom stereocenters. The van der Waals surface area contributed by atoms with Gasteiger partial charge in [-0.2, -0.15) is 0 Å². The monoisotopic (exact) mass is 474 g/mol. The zero-order chi connectivity index (χ0) is 18.5. The summed E-state index contributed by atoms with van der Waals surface area (Å²) in [5.41, 5.74) is 0. The van der Waals surface area contributed by atoms with E-state index >= 15 is 0 Å². The van der Waals surface area contributed by atoms with E-state index in [1.807, 2.05) is 10.2 Å². The summed E-state index contributed by atoms with van der Waals surface area (Å²) in [6, 6.07) is 0. The smallest absolute Gasteiger partial charge is 0.0756 e. The SMILES string of the molecule is OC(C=CI)C1CC(CCCCCC2CCCCCCCCCCC2)C1. The number of aliphatic hydroxyl groups excluding tert-OH is 1. The van der Waals surface area contributed by atoms with Gasteiger partial charge in [-0.15, -0.1) is 0 Å². The molecular formula is C24H43IO. The van der Waals surface area contributed by atoms with Crippen LogP contribution in [0.15, 0.2) is 10.2 Å². The van der Waals surface area contributed by atoms with Gasteiger partial charge < -0.3 is 5.11 Å². The standard InChI is InChI=1S/C24H43IO/c25-18-17-24(26)23-19-22(20-23)16-12-8-11-15-21-13-9-6-4-2-1-3-5-7-10-14-21/h17-18,21-24,26H,1-16,19-20H2. The number of unbranched alkanes of at least 4 members (excludes halogenated alkanes) is 2. The zero-order valence-electron chi connectivity index (χ0n) is 17.0. The molecule has 2 saturated carbocycles. The lowest BCUT2D eigenvalue weighted by molar-refractivity contribution is 0.0540. The van der Waals surface area contributed by atoms with Gasteiger partial charge in [0, 0.05) is 0 Å². The first-order valence-electron chi connectivity index (χ1n) is 11.7. The predicted molar refractivity (Wildman–Crippen MR) is 123 cm³/mol. The lowest BCUT2D eigenvalue weighted by Crippen LogP contribution is -2.32. The molecule has 0 bridgehead atoms. The molecule has 2 aliphatic carbocycles. The Kier molecular flexibility index (Phi) is 12.6. The van der Waals surface area contributed by atoms with Crippen molar-refractivity contribution in [3.63, 3.8) is 0 Å². The highest BCUT2D eigenvalue weighted by Gasteiger charge is 2.32. The van der Waals surface area contributed by atoms with Crippen LogP contribution in [0.4, 0.5) is 0 Å². The second-order valence-corrected chi connectivity index (χ2v) is 9.89. The van der Waals surface area contributed by atoms with Crippen LogP contribution in [0.3, 0.4) is 0 Å². The van der Waals surface area contributed by atoms with Crippen molar-refractivity contribution in [2.45, 2.75) is 122 Å². The molecule has 1 unspecified atom stereocenters. The van der Waals surface area contributed by atoms with E-state index in [4.69, 9.17) is 0 Å². The number of aliphatic hydroxyl groups is 1. The van der Waals surface area contributed by atoms with Crippen molar-refractivity contribution in [1.29, 1.82) is 0 Å². The number of halogens is 1. The Bertz CT molecular complexity index is 349. The van der Waals surface area contributed by atoms with Crippen LogP contribution in [0.5, 0.6) is 0 Å². The third kappa shape index (κ3) is 9.57. The number of rotatable bonds is 8. The minimum Gasteiger partial charge on any atom is -0.389 e. The molecule has 0 heterocycles. The van der Waals surface area contributed by atoms with Gasteiger partial charge in [0.2, 0.25) is 0 Å². The van der Waals surface area contributed by atoms with Crippen LogP contribution in [0, 0.1) is 17.8 Å². The summed E-state index contributed by atoms with van der Waals surface area (Å²) in [7, 11) is 0. The zero-order valence-corrected chi connectivity index (χ0v) is 19.2. The van der Waals surface area contributed by atoms with E-state index in [1.165, 1.54) is 116 Å². The first-order chi connectivity index (χ1) is 12.8. The van der Waals surface area contributed by atoms with Gasteiger partial charge in [0.05, 0.1) is 6.10 Å². The average Bonchev–Trinajstić information content (AvgIpc) is 2.58. The van der Waals surface area contributed by atoms with E-state index in [9.17, 15) is 5.11 Å². The molecule has 0 aromatic carbocycles. The van der Waals surface area contributed by atoms with Gasteiger partial charge in [-0.05, 0) is 40.8 Å².